The van der Waals surface area contributed by atoms with Crippen molar-refractivity contribution in [1.82, 2.24) is 4.90 Å². The molecule has 1 aromatic carbocycles. The van der Waals surface area contributed by atoms with Gasteiger partial charge in [0.05, 0.1) is 6.54 Å². The minimum Gasteiger partial charge on any atom is -0.456 e. The summed E-state index contributed by atoms with van der Waals surface area (Å²) < 4.78 is 5.29. The summed E-state index contributed by atoms with van der Waals surface area (Å²) in [5.41, 5.74) is 0.860. The minimum atomic E-state index is -0.467. The van der Waals surface area contributed by atoms with Crippen molar-refractivity contribution in [2.75, 3.05) is 19.0 Å². The maximum atomic E-state index is 11.5. The highest BCUT2D eigenvalue weighted by molar-refractivity contribution is 6.18. The highest BCUT2D eigenvalue weighted by Gasteiger charge is 2.20. The SMILES string of the molecule is CC(=O)OC(CN(CCCl)C(C)=O)c1ccccc1. The first kappa shape index (κ1) is 15.5. The van der Waals surface area contributed by atoms with Gasteiger partial charge in [0.2, 0.25) is 5.91 Å². The van der Waals surface area contributed by atoms with Crippen LogP contribution < -0.4 is 0 Å². The zero-order chi connectivity index (χ0) is 14.3. The molecular weight excluding hydrogens is 266 g/mol. The van der Waals surface area contributed by atoms with Crippen LogP contribution in [0.5, 0.6) is 0 Å². The Morgan fingerprint density at radius 2 is 1.89 bits per heavy atom. The summed E-state index contributed by atoms with van der Waals surface area (Å²) in [6.45, 7) is 3.57. The number of nitrogens with zero attached hydrogens (tertiary/aromatic N) is 1. The Bertz CT molecular complexity index is 422. The van der Waals surface area contributed by atoms with Gasteiger partial charge in [-0.05, 0) is 5.56 Å². The summed E-state index contributed by atoms with van der Waals surface area (Å²) in [4.78, 5) is 24.3. The number of carbonyl (C=O) groups is 2. The maximum absolute atomic E-state index is 11.5. The van der Waals surface area contributed by atoms with Crippen molar-refractivity contribution in [3.8, 4) is 0 Å². The third-order valence-corrected chi connectivity index (χ3v) is 2.83. The van der Waals surface area contributed by atoms with E-state index in [2.05, 4.69) is 0 Å². The van der Waals surface area contributed by atoms with Gasteiger partial charge in [-0.1, -0.05) is 30.3 Å². The molecule has 19 heavy (non-hydrogen) atoms. The first-order valence-electron chi connectivity index (χ1n) is 6.08. The average Bonchev–Trinajstić information content (AvgIpc) is 2.37. The van der Waals surface area contributed by atoms with E-state index in [1.807, 2.05) is 30.3 Å². The largest absolute Gasteiger partial charge is 0.456 e. The van der Waals surface area contributed by atoms with E-state index in [0.717, 1.165) is 5.56 Å². The number of amides is 1. The number of halogens is 1. The van der Waals surface area contributed by atoms with Crippen molar-refractivity contribution < 1.29 is 14.3 Å². The third-order valence-electron chi connectivity index (χ3n) is 2.67. The van der Waals surface area contributed by atoms with Gasteiger partial charge in [0.15, 0.2) is 0 Å². The lowest BCUT2D eigenvalue weighted by Gasteiger charge is -2.26. The van der Waals surface area contributed by atoms with Gasteiger partial charge < -0.3 is 9.64 Å². The molecule has 0 aliphatic rings. The lowest BCUT2D eigenvalue weighted by atomic mass is 10.1. The Morgan fingerprint density at radius 1 is 1.26 bits per heavy atom. The Labute approximate surface area is 118 Å². The Kier molecular flexibility index (Phi) is 6.36. The lowest BCUT2D eigenvalue weighted by molar-refractivity contribution is -0.149. The molecule has 0 radical (unpaired) electrons. The second-order valence-electron chi connectivity index (χ2n) is 4.16. The average molecular weight is 284 g/mol. The van der Waals surface area contributed by atoms with E-state index in [-0.39, 0.29) is 11.9 Å². The Morgan fingerprint density at radius 3 is 2.37 bits per heavy atom. The van der Waals surface area contributed by atoms with Gasteiger partial charge in [0.1, 0.15) is 6.10 Å². The fraction of sp³-hybridized carbons (Fsp3) is 0.429. The molecule has 0 saturated carbocycles. The van der Waals surface area contributed by atoms with E-state index in [1.165, 1.54) is 13.8 Å². The topological polar surface area (TPSA) is 46.6 Å². The van der Waals surface area contributed by atoms with Crippen LogP contribution in [-0.2, 0) is 14.3 Å². The molecule has 0 heterocycles. The lowest BCUT2D eigenvalue weighted by Crippen LogP contribution is -2.35. The first-order valence-corrected chi connectivity index (χ1v) is 6.61. The summed E-state index contributed by atoms with van der Waals surface area (Å²) in [6.07, 6.45) is -0.467. The number of alkyl halides is 1. The van der Waals surface area contributed by atoms with Gasteiger partial charge in [-0.15, -0.1) is 11.6 Å². The summed E-state index contributed by atoms with van der Waals surface area (Å²) in [5.74, 6) is -0.113. The van der Waals surface area contributed by atoms with Crippen LogP contribution in [0.3, 0.4) is 0 Å². The molecule has 1 aromatic rings. The molecule has 1 rings (SSSR count). The predicted octanol–water partition coefficient (Wildman–Crippen LogP) is 2.38. The van der Waals surface area contributed by atoms with Crippen LogP contribution in [0.1, 0.15) is 25.5 Å². The highest BCUT2D eigenvalue weighted by atomic mass is 35.5. The number of rotatable bonds is 6. The van der Waals surface area contributed by atoms with Crippen molar-refractivity contribution >= 4 is 23.5 Å². The number of carbonyl (C=O) groups excluding carboxylic acids is 2. The number of ether oxygens (including phenoxy) is 1. The van der Waals surface area contributed by atoms with Gasteiger partial charge in [-0.3, -0.25) is 9.59 Å². The van der Waals surface area contributed by atoms with Crippen LogP contribution in [0.2, 0.25) is 0 Å². The standard InChI is InChI=1S/C14H18ClNO3/c1-11(17)16(9-8-15)10-14(19-12(2)18)13-6-4-3-5-7-13/h3-7,14H,8-10H2,1-2H3. The molecule has 104 valence electrons. The van der Waals surface area contributed by atoms with Crippen LogP contribution >= 0.6 is 11.6 Å². The fourth-order valence-electron chi connectivity index (χ4n) is 1.76. The number of hydrogen-bond donors (Lipinski definition) is 0. The normalized spacial score (nSPS) is 11.7. The molecule has 0 bridgehead atoms. The monoisotopic (exact) mass is 283 g/mol. The molecule has 1 atom stereocenters. The molecule has 5 heteroatoms. The molecule has 0 aliphatic carbocycles. The maximum Gasteiger partial charge on any atom is 0.303 e. The van der Waals surface area contributed by atoms with Crippen molar-refractivity contribution in [1.29, 1.82) is 0 Å². The van der Waals surface area contributed by atoms with Crippen LogP contribution in [0.25, 0.3) is 0 Å². The minimum absolute atomic E-state index is 0.0891. The van der Waals surface area contributed by atoms with Gasteiger partial charge in [-0.25, -0.2) is 0 Å². The molecule has 1 amide bonds. The van der Waals surface area contributed by atoms with Crippen LogP contribution in [-0.4, -0.2) is 35.7 Å². The zero-order valence-electron chi connectivity index (χ0n) is 11.1. The Hall–Kier alpha value is -1.55. The molecule has 4 nitrogen and oxygen atoms in total. The summed E-state index contributed by atoms with van der Waals surface area (Å²) in [7, 11) is 0. The molecule has 0 fully saturated rings. The van der Waals surface area contributed by atoms with Crippen LogP contribution in [0.15, 0.2) is 30.3 Å². The predicted molar refractivity (Wildman–Crippen MR) is 73.9 cm³/mol. The molecule has 0 spiro atoms. The van der Waals surface area contributed by atoms with Crippen molar-refractivity contribution in [2.45, 2.75) is 20.0 Å². The van der Waals surface area contributed by atoms with Crippen molar-refractivity contribution in [3.05, 3.63) is 35.9 Å². The number of hydrogen-bond acceptors (Lipinski definition) is 3. The van der Waals surface area contributed by atoms with E-state index in [1.54, 1.807) is 4.90 Å². The van der Waals surface area contributed by atoms with E-state index in [0.29, 0.717) is 19.0 Å². The second kappa shape index (κ2) is 7.79. The van der Waals surface area contributed by atoms with Crippen LogP contribution in [0.4, 0.5) is 0 Å². The highest BCUT2D eigenvalue weighted by Crippen LogP contribution is 2.19. The number of benzene rings is 1. The molecule has 1 unspecified atom stereocenters. The van der Waals surface area contributed by atoms with E-state index in [4.69, 9.17) is 16.3 Å². The summed E-state index contributed by atoms with van der Waals surface area (Å²) in [6, 6.07) is 9.35. The summed E-state index contributed by atoms with van der Waals surface area (Å²) >= 11 is 5.67. The van der Waals surface area contributed by atoms with E-state index < -0.39 is 6.10 Å². The zero-order valence-corrected chi connectivity index (χ0v) is 11.9. The third kappa shape index (κ3) is 5.30. The Balaban J connectivity index is 2.85. The molecular formula is C14H18ClNO3. The fourth-order valence-corrected chi connectivity index (χ4v) is 1.96. The van der Waals surface area contributed by atoms with E-state index in [9.17, 15) is 9.59 Å². The molecule has 0 saturated heterocycles. The molecule has 0 aromatic heterocycles. The van der Waals surface area contributed by atoms with Crippen molar-refractivity contribution in [3.63, 3.8) is 0 Å². The molecule has 0 N–H and O–H groups in total. The number of esters is 1. The van der Waals surface area contributed by atoms with Gasteiger partial charge in [0.25, 0.3) is 0 Å². The van der Waals surface area contributed by atoms with Gasteiger partial charge in [-0.2, -0.15) is 0 Å². The smallest absolute Gasteiger partial charge is 0.303 e. The van der Waals surface area contributed by atoms with Gasteiger partial charge >= 0.3 is 5.97 Å². The van der Waals surface area contributed by atoms with Crippen molar-refractivity contribution in [2.24, 2.45) is 0 Å². The first-order chi connectivity index (χ1) is 9.04. The van der Waals surface area contributed by atoms with Gasteiger partial charge in [0, 0.05) is 26.3 Å². The quantitative estimate of drug-likeness (QED) is 0.595. The van der Waals surface area contributed by atoms with E-state index >= 15 is 0 Å². The second-order valence-corrected chi connectivity index (χ2v) is 4.54. The van der Waals surface area contributed by atoms with Crippen LogP contribution in [0, 0.1) is 0 Å². The summed E-state index contributed by atoms with van der Waals surface area (Å²) in [5, 5.41) is 0. The molecule has 0 aliphatic heterocycles.